The van der Waals surface area contributed by atoms with Crippen molar-refractivity contribution in [1.29, 1.82) is 5.26 Å². The minimum Gasteiger partial charge on any atom is -0.322 e. The minimum absolute atomic E-state index is 0.140. The normalized spacial score (nSPS) is 9.47. The van der Waals surface area contributed by atoms with Gasteiger partial charge < -0.3 is 5.32 Å². The Morgan fingerprint density at radius 3 is 2.87 bits per heavy atom. The summed E-state index contributed by atoms with van der Waals surface area (Å²) in [5, 5.41) is 10.7. The fourth-order valence-corrected chi connectivity index (χ4v) is 1.96. The van der Waals surface area contributed by atoms with Gasteiger partial charge in [0, 0.05) is 3.57 Å². The molecule has 0 unspecified atom stereocenters. The van der Waals surface area contributed by atoms with Crippen LogP contribution in [0.15, 0.2) is 12.1 Å². The largest absolute Gasteiger partial charge is 0.322 e. The highest BCUT2D eigenvalue weighted by atomic mass is 127. The predicted molar refractivity (Wildman–Crippen MR) is 62.7 cm³/mol. The first kappa shape index (κ1) is 11.9. The van der Waals surface area contributed by atoms with Gasteiger partial charge >= 0.3 is 0 Å². The number of carbonyl (C=O) groups is 1. The van der Waals surface area contributed by atoms with Gasteiger partial charge in [-0.3, -0.25) is 4.79 Å². The molecule has 0 atom stereocenters. The summed E-state index contributed by atoms with van der Waals surface area (Å²) in [5.41, 5.74) is 0.927. The van der Waals surface area contributed by atoms with Gasteiger partial charge in [-0.1, -0.05) is 0 Å². The van der Waals surface area contributed by atoms with Crippen LogP contribution in [0.3, 0.4) is 0 Å². The molecule has 78 valence electrons. The molecule has 1 N–H and O–H groups in total. The number of nitriles is 1. The van der Waals surface area contributed by atoms with E-state index in [2.05, 4.69) is 5.32 Å². The molecule has 1 aromatic carbocycles. The van der Waals surface area contributed by atoms with Crippen molar-refractivity contribution in [3.63, 3.8) is 0 Å². The van der Waals surface area contributed by atoms with Gasteiger partial charge in [0.15, 0.2) is 0 Å². The van der Waals surface area contributed by atoms with Gasteiger partial charge in [-0.2, -0.15) is 5.26 Å². The monoisotopic (exact) mass is 318 g/mol. The Hall–Kier alpha value is -1.16. The van der Waals surface area contributed by atoms with Gasteiger partial charge in [0.1, 0.15) is 12.2 Å². The molecule has 0 bridgehead atoms. The van der Waals surface area contributed by atoms with E-state index in [1.54, 1.807) is 19.1 Å². The smallest absolute Gasteiger partial charge is 0.238 e. The van der Waals surface area contributed by atoms with E-state index in [-0.39, 0.29) is 12.1 Å². The first-order chi connectivity index (χ1) is 7.04. The lowest BCUT2D eigenvalue weighted by Crippen LogP contribution is -2.12. The number of carbonyl (C=O) groups excluding carboxylic acids is 1. The van der Waals surface area contributed by atoms with Gasteiger partial charge in [-0.25, -0.2) is 4.39 Å². The summed E-state index contributed by atoms with van der Waals surface area (Å²) in [4.78, 5) is 11.1. The number of nitrogens with zero attached hydrogens (tertiary/aromatic N) is 1. The molecule has 1 amide bonds. The molecular formula is C10H8FIN2O. The molecule has 1 rings (SSSR count). The van der Waals surface area contributed by atoms with E-state index >= 15 is 0 Å². The van der Waals surface area contributed by atoms with Gasteiger partial charge in [0.05, 0.1) is 11.8 Å². The molecule has 1 aromatic rings. The third kappa shape index (κ3) is 3.16. The quantitative estimate of drug-likeness (QED) is 0.852. The van der Waals surface area contributed by atoms with Crippen molar-refractivity contribution >= 4 is 34.2 Å². The lowest BCUT2D eigenvalue weighted by atomic mass is 10.2. The predicted octanol–water partition coefficient (Wildman–Crippen LogP) is 2.59. The number of amides is 1. The van der Waals surface area contributed by atoms with Crippen molar-refractivity contribution in [3.05, 3.63) is 27.1 Å². The van der Waals surface area contributed by atoms with Crippen LogP contribution < -0.4 is 5.32 Å². The molecule has 3 nitrogen and oxygen atoms in total. The summed E-state index contributed by atoms with van der Waals surface area (Å²) in [6, 6.07) is 4.79. The summed E-state index contributed by atoms with van der Waals surface area (Å²) in [7, 11) is 0. The van der Waals surface area contributed by atoms with Crippen LogP contribution in [0, 0.1) is 27.6 Å². The molecule has 0 aromatic heterocycles. The maximum Gasteiger partial charge on any atom is 0.238 e. The number of hydrogen-bond donors (Lipinski definition) is 1. The van der Waals surface area contributed by atoms with E-state index in [0.717, 1.165) is 5.56 Å². The summed E-state index contributed by atoms with van der Waals surface area (Å²) < 4.78 is 14.0. The van der Waals surface area contributed by atoms with Crippen LogP contribution >= 0.6 is 22.6 Å². The molecule has 0 saturated heterocycles. The Morgan fingerprint density at radius 1 is 1.67 bits per heavy atom. The zero-order chi connectivity index (χ0) is 11.4. The van der Waals surface area contributed by atoms with E-state index in [0.29, 0.717) is 3.57 Å². The molecule has 0 aliphatic rings. The Labute approximate surface area is 100 Å². The van der Waals surface area contributed by atoms with E-state index in [9.17, 15) is 9.18 Å². The number of nitrogens with one attached hydrogen (secondary N) is 1. The molecule has 0 aliphatic carbocycles. The fourth-order valence-electron chi connectivity index (χ4n) is 1.07. The number of benzene rings is 1. The van der Waals surface area contributed by atoms with Gasteiger partial charge in [-0.05, 0) is 47.2 Å². The molecule has 0 heterocycles. The van der Waals surface area contributed by atoms with Crippen LogP contribution in [-0.2, 0) is 4.79 Å². The molecule has 0 aliphatic heterocycles. The highest BCUT2D eigenvalue weighted by molar-refractivity contribution is 14.1. The number of rotatable bonds is 2. The number of hydrogen-bond acceptors (Lipinski definition) is 2. The van der Waals surface area contributed by atoms with Crippen LogP contribution in [0.1, 0.15) is 12.0 Å². The Morgan fingerprint density at radius 2 is 2.33 bits per heavy atom. The summed E-state index contributed by atoms with van der Waals surface area (Å²) in [5.74, 6) is -0.983. The lowest BCUT2D eigenvalue weighted by molar-refractivity contribution is -0.115. The average molecular weight is 318 g/mol. The maximum atomic E-state index is 13.4. The summed E-state index contributed by atoms with van der Waals surface area (Å²) in [6.07, 6.45) is -0.274. The molecule has 0 saturated carbocycles. The standard InChI is InChI=1S/C10H8FIN2O/c1-6-4-7(11)10(8(12)5-6)14-9(15)2-3-13/h4-5H,2H2,1H3,(H,14,15). The van der Waals surface area contributed by atoms with Crippen LogP contribution in [0.4, 0.5) is 10.1 Å². The molecular weight excluding hydrogens is 310 g/mol. The second kappa shape index (κ2) is 5.07. The molecule has 5 heteroatoms. The second-order valence-electron chi connectivity index (χ2n) is 2.99. The Kier molecular flexibility index (Phi) is 4.03. The van der Waals surface area contributed by atoms with Crippen molar-refractivity contribution in [1.82, 2.24) is 0 Å². The van der Waals surface area contributed by atoms with Crippen LogP contribution in [0.5, 0.6) is 0 Å². The Bertz CT molecular complexity index is 417. The third-order valence-electron chi connectivity index (χ3n) is 1.69. The van der Waals surface area contributed by atoms with Crippen molar-refractivity contribution in [2.24, 2.45) is 0 Å². The maximum absolute atomic E-state index is 13.4. The number of anilines is 1. The van der Waals surface area contributed by atoms with Crippen molar-refractivity contribution < 1.29 is 9.18 Å². The zero-order valence-corrected chi connectivity index (χ0v) is 10.1. The first-order valence-corrected chi connectivity index (χ1v) is 5.25. The van der Waals surface area contributed by atoms with E-state index in [4.69, 9.17) is 5.26 Å². The summed E-state index contributed by atoms with van der Waals surface area (Å²) in [6.45, 7) is 1.77. The van der Waals surface area contributed by atoms with Gasteiger partial charge in [-0.15, -0.1) is 0 Å². The molecule has 0 spiro atoms. The lowest BCUT2D eigenvalue weighted by Gasteiger charge is -2.07. The second-order valence-corrected chi connectivity index (χ2v) is 4.15. The number of halogens is 2. The number of aryl methyl sites for hydroxylation is 1. The van der Waals surface area contributed by atoms with Crippen molar-refractivity contribution in [2.45, 2.75) is 13.3 Å². The van der Waals surface area contributed by atoms with Crippen molar-refractivity contribution in [2.75, 3.05) is 5.32 Å². The first-order valence-electron chi connectivity index (χ1n) is 4.17. The minimum atomic E-state index is -0.502. The van der Waals surface area contributed by atoms with Crippen LogP contribution in [0.25, 0.3) is 0 Å². The fraction of sp³-hybridized carbons (Fsp3) is 0.200. The van der Waals surface area contributed by atoms with Gasteiger partial charge in [0.25, 0.3) is 0 Å². The SMILES string of the molecule is Cc1cc(F)c(NC(=O)CC#N)c(I)c1. The molecule has 0 radical (unpaired) electrons. The van der Waals surface area contributed by atoms with Crippen LogP contribution in [-0.4, -0.2) is 5.91 Å². The third-order valence-corrected chi connectivity index (χ3v) is 2.54. The topological polar surface area (TPSA) is 52.9 Å². The van der Waals surface area contributed by atoms with E-state index < -0.39 is 11.7 Å². The molecule has 0 fully saturated rings. The average Bonchev–Trinajstić information content (AvgIpc) is 2.11. The van der Waals surface area contributed by atoms with Crippen LogP contribution in [0.2, 0.25) is 0 Å². The van der Waals surface area contributed by atoms with E-state index in [1.807, 2.05) is 22.6 Å². The highest BCUT2D eigenvalue weighted by Gasteiger charge is 2.10. The highest BCUT2D eigenvalue weighted by Crippen LogP contribution is 2.23. The zero-order valence-electron chi connectivity index (χ0n) is 7.97. The summed E-state index contributed by atoms with van der Waals surface area (Å²) >= 11 is 1.94. The van der Waals surface area contributed by atoms with E-state index in [1.165, 1.54) is 6.07 Å². The Balaban J connectivity index is 2.96. The van der Waals surface area contributed by atoms with Gasteiger partial charge in [0.2, 0.25) is 5.91 Å². The molecule has 15 heavy (non-hydrogen) atoms. The van der Waals surface area contributed by atoms with Crippen molar-refractivity contribution in [3.8, 4) is 6.07 Å².